The molecular formula is C23H20F3N3O4S. The van der Waals surface area contributed by atoms with E-state index in [0.717, 1.165) is 23.9 Å². The molecule has 178 valence electrons. The summed E-state index contributed by atoms with van der Waals surface area (Å²) in [5.41, 5.74) is -0.683. The Morgan fingerprint density at radius 2 is 1.94 bits per heavy atom. The molecule has 2 aromatic rings. The van der Waals surface area contributed by atoms with Crippen molar-refractivity contribution in [3.05, 3.63) is 58.0 Å². The third-order valence-electron chi connectivity index (χ3n) is 4.59. The molecule has 34 heavy (non-hydrogen) atoms. The second-order valence-corrected chi connectivity index (χ2v) is 8.38. The maximum atomic E-state index is 13.4. The number of hydrogen-bond acceptors (Lipinski definition) is 7. The molecule has 2 aromatic carbocycles. The largest absolute Gasteiger partial charge is 0.493 e. The Balaban J connectivity index is 1.86. The van der Waals surface area contributed by atoms with Crippen LogP contribution >= 0.6 is 11.8 Å². The average Bonchev–Trinajstić information content (AvgIpc) is 3.14. The van der Waals surface area contributed by atoms with Gasteiger partial charge in [-0.1, -0.05) is 6.07 Å². The van der Waals surface area contributed by atoms with Crippen molar-refractivity contribution >= 4 is 28.9 Å². The zero-order valence-corrected chi connectivity index (χ0v) is 19.2. The molecule has 0 fully saturated rings. The second-order valence-electron chi connectivity index (χ2n) is 7.37. The number of nitrogens with zero attached hydrogens (tertiary/aromatic N) is 3. The van der Waals surface area contributed by atoms with Gasteiger partial charge in [-0.2, -0.15) is 23.4 Å². The number of ether oxygens (including phenoxy) is 2. The number of rotatable bonds is 6. The van der Waals surface area contributed by atoms with Crippen LogP contribution < -0.4 is 9.47 Å². The van der Waals surface area contributed by atoms with Crippen LogP contribution in [0.1, 0.15) is 23.6 Å². The van der Waals surface area contributed by atoms with E-state index in [-0.39, 0.29) is 17.1 Å². The number of likely N-dealkylation sites (N-methyl/N-ethyl adjacent to an activating group) is 1. The number of hydrogen-bond donors (Lipinski definition) is 1. The van der Waals surface area contributed by atoms with Crippen LogP contribution in [0.5, 0.6) is 17.2 Å². The van der Waals surface area contributed by atoms with Gasteiger partial charge in [0.25, 0.3) is 5.91 Å². The van der Waals surface area contributed by atoms with E-state index in [1.54, 1.807) is 37.1 Å². The minimum absolute atomic E-state index is 0.0267. The van der Waals surface area contributed by atoms with Crippen LogP contribution in [0.2, 0.25) is 0 Å². The number of halogens is 3. The molecule has 1 aliphatic heterocycles. The van der Waals surface area contributed by atoms with E-state index in [2.05, 4.69) is 4.99 Å². The van der Waals surface area contributed by atoms with Gasteiger partial charge in [0.2, 0.25) is 0 Å². The predicted molar refractivity (Wildman–Crippen MR) is 122 cm³/mol. The molecule has 1 N–H and O–H groups in total. The van der Waals surface area contributed by atoms with Gasteiger partial charge in [-0.3, -0.25) is 4.79 Å². The number of aliphatic imine (C=N–C) groups is 1. The van der Waals surface area contributed by atoms with Crippen LogP contribution in [-0.4, -0.2) is 47.9 Å². The van der Waals surface area contributed by atoms with Crippen LogP contribution in [-0.2, 0) is 11.0 Å². The third kappa shape index (κ3) is 5.89. The minimum atomic E-state index is -4.72. The number of thioether (sulfide) groups is 1. The molecular weight excluding hydrogens is 471 g/mol. The number of carbonyl (C=O) groups is 1. The maximum absolute atomic E-state index is 13.4. The fourth-order valence-corrected chi connectivity index (χ4v) is 3.96. The van der Waals surface area contributed by atoms with Gasteiger partial charge in [-0.05, 0) is 60.7 Å². The number of benzene rings is 2. The summed E-state index contributed by atoms with van der Waals surface area (Å²) in [4.78, 5) is 18.3. The van der Waals surface area contributed by atoms with Crippen LogP contribution in [0.15, 0.2) is 46.3 Å². The topological polar surface area (TPSA) is 95.2 Å². The number of carbonyl (C=O) groups excluding carboxylic acids is 1. The maximum Gasteiger partial charge on any atom is 0.420 e. The van der Waals surface area contributed by atoms with Crippen LogP contribution in [0.25, 0.3) is 6.08 Å². The Morgan fingerprint density at radius 3 is 2.56 bits per heavy atom. The van der Waals surface area contributed by atoms with Crippen molar-refractivity contribution in [3.8, 4) is 23.3 Å². The van der Waals surface area contributed by atoms with Crippen molar-refractivity contribution in [2.24, 2.45) is 4.99 Å². The zero-order chi connectivity index (χ0) is 25.0. The van der Waals surface area contributed by atoms with Gasteiger partial charge in [0.15, 0.2) is 16.7 Å². The molecule has 0 aromatic heterocycles. The molecule has 1 heterocycles. The molecule has 0 bridgehead atoms. The number of nitriles is 1. The monoisotopic (exact) mass is 491 g/mol. The SMILES string of the molecule is COc1cc(/C=C2\SC(N(C)CC(C)O)=NC2=O)ccc1Oc1ccc(C#N)cc1C(F)(F)F. The highest BCUT2D eigenvalue weighted by molar-refractivity contribution is 8.18. The summed E-state index contributed by atoms with van der Waals surface area (Å²) < 4.78 is 51.1. The zero-order valence-electron chi connectivity index (χ0n) is 18.4. The first kappa shape index (κ1) is 25.1. The molecule has 3 rings (SSSR count). The summed E-state index contributed by atoms with van der Waals surface area (Å²) >= 11 is 1.15. The highest BCUT2D eigenvalue weighted by Gasteiger charge is 2.35. The van der Waals surface area contributed by atoms with Gasteiger partial charge in [0.05, 0.1) is 35.3 Å². The number of aliphatic hydroxyl groups excluding tert-OH is 1. The quantitative estimate of drug-likeness (QED) is 0.587. The first-order valence-corrected chi connectivity index (χ1v) is 10.7. The number of methoxy groups -OCH3 is 1. The average molecular weight is 491 g/mol. The Hall–Kier alpha value is -3.49. The van der Waals surface area contributed by atoms with Gasteiger partial charge in [0.1, 0.15) is 5.75 Å². The lowest BCUT2D eigenvalue weighted by Gasteiger charge is -2.18. The van der Waals surface area contributed by atoms with E-state index in [9.17, 15) is 23.1 Å². The standard InChI is InChI=1S/C23H20F3N3O4S/c1-13(30)12-29(2)22-28-21(31)20(34-22)10-14-4-7-18(19(9-14)32-3)33-17-6-5-15(11-27)8-16(17)23(24,25)26/h4-10,13,30H,12H2,1-3H3/b20-10-. The van der Waals surface area contributed by atoms with E-state index in [0.29, 0.717) is 22.2 Å². The molecule has 0 spiro atoms. The number of amidine groups is 1. The van der Waals surface area contributed by atoms with Crippen LogP contribution in [0.3, 0.4) is 0 Å². The molecule has 11 heteroatoms. The summed E-state index contributed by atoms with van der Waals surface area (Å²) in [6, 6.07) is 9.20. The van der Waals surface area contributed by atoms with Gasteiger partial charge in [-0.25, -0.2) is 0 Å². The van der Waals surface area contributed by atoms with Crippen molar-refractivity contribution in [2.45, 2.75) is 19.2 Å². The Morgan fingerprint density at radius 1 is 1.24 bits per heavy atom. The normalized spacial score (nSPS) is 15.6. The lowest BCUT2D eigenvalue weighted by Crippen LogP contribution is -2.30. The Labute approximate surface area is 198 Å². The molecule has 1 atom stereocenters. The van der Waals surface area contributed by atoms with Crippen molar-refractivity contribution in [1.82, 2.24) is 4.90 Å². The van der Waals surface area contributed by atoms with Crippen molar-refractivity contribution in [3.63, 3.8) is 0 Å². The molecule has 1 unspecified atom stereocenters. The third-order valence-corrected chi connectivity index (χ3v) is 5.69. The fraction of sp³-hybridized carbons (Fsp3) is 0.261. The molecule has 0 radical (unpaired) electrons. The fourth-order valence-electron chi connectivity index (χ4n) is 3.07. The molecule has 7 nitrogen and oxygen atoms in total. The van der Waals surface area contributed by atoms with E-state index in [1.807, 2.05) is 0 Å². The van der Waals surface area contributed by atoms with Gasteiger partial charge in [-0.15, -0.1) is 0 Å². The summed E-state index contributed by atoms with van der Waals surface area (Å²) in [7, 11) is 3.05. The van der Waals surface area contributed by atoms with E-state index >= 15 is 0 Å². The lowest BCUT2D eigenvalue weighted by molar-refractivity contribution is -0.138. The molecule has 0 aliphatic carbocycles. The first-order valence-electron chi connectivity index (χ1n) is 9.91. The summed E-state index contributed by atoms with van der Waals surface area (Å²) in [5.74, 6) is -0.741. The first-order chi connectivity index (χ1) is 16.0. The van der Waals surface area contributed by atoms with E-state index in [4.69, 9.17) is 14.7 Å². The van der Waals surface area contributed by atoms with Gasteiger partial charge >= 0.3 is 6.18 Å². The van der Waals surface area contributed by atoms with E-state index in [1.165, 1.54) is 25.3 Å². The number of aliphatic hydroxyl groups is 1. The minimum Gasteiger partial charge on any atom is -0.493 e. The van der Waals surface area contributed by atoms with Crippen LogP contribution in [0.4, 0.5) is 13.2 Å². The van der Waals surface area contributed by atoms with Crippen molar-refractivity contribution in [1.29, 1.82) is 5.26 Å². The summed E-state index contributed by atoms with van der Waals surface area (Å²) in [6.07, 6.45) is -3.74. The molecule has 1 amide bonds. The van der Waals surface area contributed by atoms with E-state index < -0.39 is 29.5 Å². The predicted octanol–water partition coefficient (Wildman–Crippen LogP) is 4.66. The summed E-state index contributed by atoms with van der Waals surface area (Å²) in [6.45, 7) is 1.93. The Bertz CT molecular complexity index is 1200. The second kappa shape index (κ2) is 10.2. The Kier molecular flexibility index (Phi) is 7.54. The number of alkyl halides is 3. The van der Waals surface area contributed by atoms with Crippen molar-refractivity contribution < 1.29 is 32.5 Å². The van der Waals surface area contributed by atoms with Crippen LogP contribution in [0, 0.1) is 11.3 Å². The highest BCUT2D eigenvalue weighted by Crippen LogP contribution is 2.41. The number of amides is 1. The smallest absolute Gasteiger partial charge is 0.420 e. The highest BCUT2D eigenvalue weighted by atomic mass is 32.2. The van der Waals surface area contributed by atoms with Gasteiger partial charge < -0.3 is 19.5 Å². The summed E-state index contributed by atoms with van der Waals surface area (Å²) in [5, 5.41) is 18.9. The lowest BCUT2D eigenvalue weighted by atomic mass is 10.1. The van der Waals surface area contributed by atoms with Gasteiger partial charge in [0, 0.05) is 13.6 Å². The molecule has 0 saturated carbocycles. The molecule has 1 aliphatic rings. The molecule has 0 saturated heterocycles. The van der Waals surface area contributed by atoms with Crippen molar-refractivity contribution in [2.75, 3.05) is 20.7 Å².